The molecule has 23 heavy (non-hydrogen) atoms. The van der Waals surface area contributed by atoms with Crippen molar-refractivity contribution < 1.29 is 14.4 Å². The highest BCUT2D eigenvalue weighted by molar-refractivity contribution is 6.21. The molecule has 0 saturated carbocycles. The number of hydrogen-bond acceptors (Lipinski definition) is 3. The molecule has 5 heteroatoms. The van der Waals surface area contributed by atoms with Gasteiger partial charge in [0.15, 0.2) is 0 Å². The van der Waals surface area contributed by atoms with Gasteiger partial charge in [-0.2, -0.15) is 0 Å². The first-order valence-corrected chi connectivity index (χ1v) is 7.44. The van der Waals surface area contributed by atoms with Crippen molar-refractivity contribution >= 4 is 17.7 Å². The van der Waals surface area contributed by atoms with Crippen LogP contribution in [0.1, 0.15) is 49.1 Å². The minimum Gasteiger partial charge on any atom is -0.348 e. The van der Waals surface area contributed by atoms with Crippen molar-refractivity contribution in [2.75, 3.05) is 0 Å². The fraction of sp³-hybridized carbons (Fsp3) is 0.167. The lowest BCUT2D eigenvalue weighted by atomic mass is 10.1. The Morgan fingerprint density at radius 2 is 1.61 bits per heavy atom. The molecule has 2 aromatic rings. The molecule has 1 aliphatic heterocycles. The monoisotopic (exact) mass is 308 g/mol. The number of hydrogen-bond donors (Lipinski definition) is 2. The molecule has 1 aliphatic rings. The van der Waals surface area contributed by atoms with Crippen LogP contribution in [0, 0.1) is 0 Å². The molecule has 3 amide bonds. The minimum atomic E-state index is -0.395. The van der Waals surface area contributed by atoms with E-state index in [2.05, 4.69) is 17.6 Å². The average Bonchev–Trinajstić information content (AvgIpc) is 2.86. The Kier molecular flexibility index (Phi) is 3.93. The minimum absolute atomic E-state index is 0.173. The molecule has 2 aromatic carbocycles. The van der Waals surface area contributed by atoms with Gasteiger partial charge in [0.2, 0.25) is 0 Å². The molecule has 0 fully saturated rings. The predicted molar refractivity (Wildman–Crippen MR) is 85.2 cm³/mol. The van der Waals surface area contributed by atoms with Gasteiger partial charge in [0, 0.05) is 12.1 Å². The summed E-state index contributed by atoms with van der Waals surface area (Å²) in [4.78, 5) is 35.2. The number of aryl methyl sites for hydroxylation is 1. The smallest absolute Gasteiger partial charge is 0.258 e. The lowest BCUT2D eigenvalue weighted by molar-refractivity contribution is 0.0878. The molecule has 0 saturated heterocycles. The summed E-state index contributed by atoms with van der Waals surface area (Å²) in [6.45, 7) is 2.35. The van der Waals surface area contributed by atoms with Crippen LogP contribution in [0.4, 0.5) is 0 Å². The Morgan fingerprint density at radius 1 is 0.957 bits per heavy atom. The first kappa shape index (κ1) is 15.0. The summed E-state index contributed by atoms with van der Waals surface area (Å²) in [5, 5.41) is 5.06. The van der Waals surface area contributed by atoms with Crippen molar-refractivity contribution in [3.8, 4) is 0 Å². The van der Waals surface area contributed by atoms with Crippen LogP contribution >= 0.6 is 0 Å². The molecule has 0 bridgehead atoms. The third kappa shape index (κ3) is 2.99. The van der Waals surface area contributed by atoms with Crippen LogP contribution in [0.25, 0.3) is 0 Å². The first-order chi connectivity index (χ1) is 11.1. The van der Waals surface area contributed by atoms with Gasteiger partial charge < -0.3 is 5.32 Å². The van der Waals surface area contributed by atoms with Crippen LogP contribution in [0.5, 0.6) is 0 Å². The van der Waals surface area contributed by atoms with E-state index in [1.165, 1.54) is 5.56 Å². The summed E-state index contributed by atoms with van der Waals surface area (Å²) in [7, 11) is 0. The van der Waals surface area contributed by atoms with Gasteiger partial charge in [0.1, 0.15) is 0 Å². The Balaban J connectivity index is 1.68. The van der Waals surface area contributed by atoms with Crippen molar-refractivity contribution in [3.63, 3.8) is 0 Å². The van der Waals surface area contributed by atoms with E-state index in [-0.39, 0.29) is 11.8 Å². The van der Waals surface area contributed by atoms with E-state index < -0.39 is 5.91 Å². The van der Waals surface area contributed by atoms with Crippen LogP contribution in [-0.4, -0.2) is 17.7 Å². The summed E-state index contributed by atoms with van der Waals surface area (Å²) in [5.74, 6) is -0.946. The molecular weight excluding hydrogens is 292 g/mol. The lowest BCUT2D eigenvalue weighted by Crippen LogP contribution is -2.23. The molecule has 0 aliphatic carbocycles. The van der Waals surface area contributed by atoms with E-state index in [4.69, 9.17) is 0 Å². The van der Waals surface area contributed by atoms with E-state index in [1.54, 1.807) is 30.3 Å². The quantitative estimate of drug-likeness (QED) is 0.849. The zero-order valence-electron chi connectivity index (χ0n) is 12.7. The molecule has 116 valence electrons. The van der Waals surface area contributed by atoms with Gasteiger partial charge in [0.05, 0.1) is 11.1 Å². The Bertz CT molecular complexity index is 794. The fourth-order valence-electron chi connectivity index (χ4n) is 2.50. The van der Waals surface area contributed by atoms with Gasteiger partial charge >= 0.3 is 0 Å². The molecule has 0 radical (unpaired) electrons. The Labute approximate surface area is 133 Å². The number of fused-ring (bicyclic) bond motifs is 1. The highest BCUT2D eigenvalue weighted by atomic mass is 16.2. The largest absolute Gasteiger partial charge is 0.348 e. The summed E-state index contributed by atoms with van der Waals surface area (Å²) >= 11 is 0. The third-order valence-electron chi connectivity index (χ3n) is 3.88. The molecule has 0 spiro atoms. The number of carbonyl (C=O) groups excluding carboxylic acids is 3. The van der Waals surface area contributed by atoms with Crippen molar-refractivity contribution in [1.29, 1.82) is 0 Å². The van der Waals surface area contributed by atoms with Crippen LogP contribution in [-0.2, 0) is 13.0 Å². The maximum absolute atomic E-state index is 12.1. The highest BCUT2D eigenvalue weighted by Crippen LogP contribution is 2.17. The number of amides is 3. The number of rotatable bonds is 4. The van der Waals surface area contributed by atoms with Gasteiger partial charge in [-0.25, -0.2) is 0 Å². The number of carbonyl (C=O) groups is 3. The second-order valence-corrected chi connectivity index (χ2v) is 5.40. The zero-order chi connectivity index (χ0) is 16.4. The van der Waals surface area contributed by atoms with E-state index in [9.17, 15) is 14.4 Å². The molecule has 0 atom stereocenters. The van der Waals surface area contributed by atoms with Gasteiger partial charge in [-0.05, 0) is 41.8 Å². The molecule has 1 heterocycles. The average molecular weight is 308 g/mol. The summed E-state index contributed by atoms with van der Waals surface area (Å²) in [6, 6.07) is 12.4. The topological polar surface area (TPSA) is 75.3 Å². The summed E-state index contributed by atoms with van der Waals surface area (Å²) in [6.07, 6.45) is 0.928. The van der Waals surface area contributed by atoms with Crippen molar-refractivity contribution in [3.05, 3.63) is 70.3 Å². The maximum Gasteiger partial charge on any atom is 0.258 e. The standard InChI is InChI=1S/C18H16N2O3/c1-2-11-3-6-13(7-4-11)16(21)19-10-12-5-8-14-15(9-12)18(23)20-17(14)22/h3-9H,2,10H2,1H3,(H,19,21)(H,20,22,23). The van der Waals surface area contributed by atoms with Gasteiger partial charge in [-0.3, -0.25) is 19.7 Å². The first-order valence-electron chi connectivity index (χ1n) is 7.44. The normalized spacial score (nSPS) is 12.7. The molecule has 3 rings (SSSR count). The van der Waals surface area contributed by atoms with Crippen LogP contribution < -0.4 is 10.6 Å². The highest BCUT2D eigenvalue weighted by Gasteiger charge is 2.26. The SMILES string of the molecule is CCc1ccc(C(=O)NCc2ccc3c(c2)C(=O)NC3=O)cc1. The number of benzene rings is 2. The van der Waals surface area contributed by atoms with Gasteiger partial charge in [0.25, 0.3) is 17.7 Å². The molecule has 2 N–H and O–H groups in total. The van der Waals surface area contributed by atoms with E-state index >= 15 is 0 Å². The molecule has 0 unspecified atom stereocenters. The molecular formula is C18H16N2O3. The maximum atomic E-state index is 12.1. The second kappa shape index (κ2) is 6.04. The Hall–Kier alpha value is -2.95. The number of imide groups is 1. The van der Waals surface area contributed by atoms with Crippen molar-refractivity contribution in [2.45, 2.75) is 19.9 Å². The molecule has 0 aromatic heterocycles. The van der Waals surface area contributed by atoms with Gasteiger partial charge in [-0.1, -0.05) is 25.1 Å². The van der Waals surface area contributed by atoms with Crippen molar-refractivity contribution in [2.24, 2.45) is 0 Å². The summed E-state index contributed by atoms with van der Waals surface area (Å²) < 4.78 is 0. The van der Waals surface area contributed by atoms with Crippen LogP contribution in [0.15, 0.2) is 42.5 Å². The van der Waals surface area contributed by atoms with E-state index in [1.807, 2.05) is 12.1 Å². The van der Waals surface area contributed by atoms with Gasteiger partial charge in [-0.15, -0.1) is 0 Å². The van der Waals surface area contributed by atoms with E-state index in [0.717, 1.165) is 12.0 Å². The summed E-state index contributed by atoms with van der Waals surface area (Å²) in [5.41, 5.74) is 3.27. The molecule has 5 nitrogen and oxygen atoms in total. The van der Waals surface area contributed by atoms with Crippen molar-refractivity contribution in [1.82, 2.24) is 10.6 Å². The van der Waals surface area contributed by atoms with Crippen LogP contribution in [0.2, 0.25) is 0 Å². The van der Waals surface area contributed by atoms with Crippen LogP contribution in [0.3, 0.4) is 0 Å². The fourth-order valence-corrected chi connectivity index (χ4v) is 2.50. The predicted octanol–water partition coefficient (Wildman–Crippen LogP) is 2.06. The third-order valence-corrected chi connectivity index (χ3v) is 3.88. The lowest BCUT2D eigenvalue weighted by Gasteiger charge is -2.07. The zero-order valence-corrected chi connectivity index (χ0v) is 12.7. The van der Waals surface area contributed by atoms with E-state index in [0.29, 0.717) is 23.2 Å². The Morgan fingerprint density at radius 3 is 2.30 bits per heavy atom. The number of nitrogens with one attached hydrogen (secondary N) is 2. The second-order valence-electron chi connectivity index (χ2n) is 5.40.